The highest BCUT2D eigenvalue weighted by Crippen LogP contribution is 2.38. The number of aromatic amines is 3. The second kappa shape index (κ2) is 36.0. The van der Waals surface area contributed by atoms with Crippen LogP contribution in [0.3, 0.4) is 0 Å². The topological polar surface area (TPSA) is 440 Å². The summed E-state index contributed by atoms with van der Waals surface area (Å²) in [7, 11) is 0. The Labute approximate surface area is 599 Å². The van der Waals surface area contributed by atoms with E-state index in [1.165, 1.54) is 85.2 Å². The molecule has 0 aliphatic carbocycles. The smallest absolute Gasteiger partial charge is 0.393 e. The number of primary amides is 1. The minimum atomic E-state index is -4.99. The molecule has 1 fully saturated rings. The number of benzene rings is 4. The number of alkyl halides is 3. The van der Waals surface area contributed by atoms with Gasteiger partial charge in [0.1, 0.15) is 65.7 Å². The molecule has 2 aliphatic rings. The summed E-state index contributed by atoms with van der Waals surface area (Å²) in [5.74, 6) is -15.6. The van der Waals surface area contributed by atoms with E-state index in [-0.39, 0.29) is 75.6 Å². The van der Waals surface area contributed by atoms with E-state index in [0.717, 1.165) is 35.0 Å². The number of H-pyrrole nitrogens is 3. The van der Waals surface area contributed by atoms with Crippen molar-refractivity contribution in [1.29, 1.82) is 0 Å². The van der Waals surface area contributed by atoms with E-state index >= 15 is 14.4 Å². The summed E-state index contributed by atoms with van der Waals surface area (Å²) in [5.41, 5.74) is 14.7. The molecule has 35 heteroatoms. The first-order valence-corrected chi connectivity index (χ1v) is 35.5. The summed E-state index contributed by atoms with van der Waals surface area (Å²) >= 11 is 2.54. The Kier molecular flexibility index (Phi) is 26.9. The number of hydrogen-bond acceptors (Lipinski definition) is 16. The van der Waals surface area contributed by atoms with Gasteiger partial charge in [-0.1, -0.05) is 36.4 Å². The highest BCUT2D eigenvalue weighted by molar-refractivity contribution is 7.98. The SMILES string of the molecule is NCCCC[C@@H]1NC(=O)CCSCc2cccc(c2)CSC[C@@H](C(N)=O)NC(=O)[C@@H]2C[C@H](C(F)(F)F)CN2C(=O)[C@H](Cc2ccc(O)cc2)NC(=O)[C@H](Cc2cnc[nH]2)NC(=O)[C@H](CC(=O)O)NC(=O)[C@H](Cc2c[nH]c3ccc(F)cc23)NC(=O)[C@H](Cc2c[nH]c3ccc(F)cc23)NC(=O)CNC1=O. The zero-order valence-electron chi connectivity index (χ0n) is 55.7. The van der Waals surface area contributed by atoms with Gasteiger partial charge in [0.25, 0.3) is 0 Å². The lowest BCUT2D eigenvalue weighted by Crippen LogP contribution is -2.61. The molecule has 17 N–H and O–H groups in total. The Morgan fingerprint density at radius 2 is 1.20 bits per heavy atom. The zero-order chi connectivity index (χ0) is 74.8. The third kappa shape index (κ3) is 21.8. The predicted molar refractivity (Wildman–Crippen MR) is 372 cm³/mol. The van der Waals surface area contributed by atoms with Crippen molar-refractivity contribution in [2.45, 2.75) is 130 Å². The van der Waals surface area contributed by atoms with Gasteiger partial charge < -0.3 is 84.1 Å². The summed E-state index contributed by atoms with van der Waals surface area (Å²) in [5, 5.41) is 41.0. The summed E-state index contributed by atoms with van der Waals surface area (Å²) in [4.78, 5) is 170. The quantitative estimate of drug-likeness (QED) is 0.0518. The number of carbonyl (C=O) groups is 11. The maximum absolute atomic E-state index is 15.1. The number of unbranched alkanes of at least 4 members (excludes halogenated alkanes) is 1. The first-order valence-electron chi connectivity index (χ1n) is 33.1. The van der Waals surface area contributed by atoms with Crippen LogP contribution < -0.4 is 54.0 Å². The molecule has 554 valence electrons. The molecule has 5 heterocycles. The number of nitrogens with zero attached hydrogens (tertiary/aromatic N) is 2. The van der Waals surface area contributed by atoms with Crippen molar-refractivity contribution < 1.29 is 84.9 Å². The number of aromatic hydroxyl groups is 1. The molecule has 9 atom stereocenters. The molecule has 0 unspecified atom stereocenters. The summed E-state index contributed by atoms with van der Waals surface area (Å²) in [6, 6.07) is 5.72. The number of halogens is 5. The average Bonchev–Trinajstić information content (AvgIpc) is 1.64. The van der Waals surface area contributed by atoms with Gasteiger partial charge in [-0.25, -0.2) is 13.8 Å². The van der Waals surface area contributed by atoms with Crippen molar-refractivity contribution in [2.24, 2.45) is 17.4 Å². The summed E-state index contributed by atoms with van der Waals surface area (Å²) in [6.45, 7) is -1.63. The number of fused-ring (bicyclic) bond motifs is 5. The van der Waals surface area contributed by atoms with E-state index in [1.54, 1.807) is 12.1 Å². The van der Waals surface area contributed by atoms with Gasteiger partial charge in [0.05, 0.1) is 25.2 Å². The number of nitrogens with one attached hydrogen (secondary N) is 11. The van der Waals surface area contributed by atoms with Crippen LogP contribution in [0.1, 0.15) is 72.0 Å². The van der Waals surface area contributed by atoms with Crippen LogP contribution in [0.2, 0.25) is 0 Å². The van der Waals surface area contributed by atoms with E-state index in [2.05, 4.69) is 62.5 Å². The van der Waals surface area contributed by atoms with Crippen LogP contribution in [0.5, 0.6) is 5.75 Å². The van der Waals surface area contributed by atoms with E-state index < -0.39 is 189 Å². The van der Waals surface area contributed by atoms with E-state index in [4.69, 9.17) is 11.5 Å². The second-order valence-electron chi connectivity index (χ2n) is 25.2. The standard InChI is InChI=1S/C69H78F5N15O13S2/c70-42-9-13-48-46(23-42)39(27-78-48)20-51-63(97)84-52(21-40-28-79-49-14-10-43(71)24-47(40)49)64(98)86-54(26-60(93)94)66(100)85-53(25-44-29-77-35-81-44)65(99)87-55(19-36-7-11-45(90)12-8-36)68(102)89-31-41(69(72,73)74)22-57(89)67(101)88-56(61(76)95)34-104-33-38-5-3-4-37(18-38)32-103-17-15-58(91)82-50(6-1-2-16-75)62(96)80-30-59(92)83-51/h3-5,7-14,18,23-24,27-29,35,41,50-57,78-79,90H,1-2,6,15-17,19-22,25-26,30-34,75H2,(H2,76,95)(H,77,81)(H,80,96)(H,82,91)(H,83,92)(H,84,97)(H,85,100)(H,86,98)(H,87,99)(H,88,101)(H,93,94)/t41-,50-,51-,52-,53-,54-,55-,56-,57-/m0/s1. The Morgan fingerprint density at radius 1 is 0.625 bits per heavy atom. The lowest BCUT2D eigenvalue weighted by molar-refractivity contribution is -0.171. The molecule has 0 saturated carbocycles. The fourth-order valence-electron chi connectivity index (χ4n) is 12.1. The predicted octanol–water partition coefficient (Wildman–Crippen LogP) is 2.58. The molecule has 3 aromatic heterocycles. The Morgan fingerprint density at radius 3 is 1.79 bits per heavy atom. The molecule has 7 aromatic rings. The van der Waals surface area contributed by atoms with Crippen LogP contribution in [0.15, 0.2) is 110 Å². The van der Waals surface area contributed by atoms with Crippen molar-refractivity contribution >= 4 is 110 Å². The van der Waals surface area contributed by atoms with Gasteiger partial charge >= 0.3 is 12.1 Å². The number of amides is 10. The molecule has 1 saturated heterocycles. The number of aromatic nitrogens is 4. The van der Waals surface area contributed by atoms with Gasteiger partial charge in [0.2, 0.25) is 59.1 Å². The Balaban J connectivity index is 1.07. The van der Waals surface area contributed by atoms with Gasteiger partial charge in [-0.05, 0) is 109 Å². The molecule has 10 amide bonds. The molecular formula is C69H78F5N15O13S2. The van der Waals surface area contributed by atoms with Crippen molar-refractivity contribution in [3.63, 3.8) is 0 Å². The number of rotatable bonds is 15. The normalized spacial score (nSPS) is 22.6. The van der Waals surface area contributed by atoms with Gasteiger partial charge in [-0.2, -0.15) is 36.7 Å². The van der Waals surface area contributed by atoms with Crippen LogP contribution >= 0.6 is 23.5 Å². The van der Waals surface area contributed by atoms with Crippen LogP contribution in [-0.4, -0.2) is 186 Å². The van der Waals surface area contributed by atoms with Gasteiger partial charge in [0.15, 0.2) is 0 Å². The third-order valence-corrected chi connectivity index (χ3v) is 19.7. The largest absolute Gasteiger partial charge is 0.508 e. The maximum Gasteiger partial charge on any atom is 0.393 e. The number of carboxylic acid groups (broad SMARTS) is 1. The number of phenolic OH excluding ortho intramolecular Hbond substituents is 1. The van der Waals surface area contributed by atoms with Gasteiger partial charge in [-0.3, -0.25) is 52.7 Å². The number of hydrogen-bond donors (Lipinski definition) is 15. The van der Waals surface area contributed by atoms with Crippen LogP contribution in [0.25, 0.3) is 21.8 Å². The maximum atomic E-state index is 15.1. The van der Waals surface area contributed by atoms with Crippen molar-refractivity contribution in [2.75, 3.05) is 31.1 Å². The summed E-state index contributed by atoms with van der Waals surface area (Å²) < 4.78 is 74.4. The fraction of sp³-hybridized carbons (Fsp3) is 0.391. The van der Waals surface area contributed by atoms with Crippen LogP contribution in [0, 0.1) is 17.6 Å². The average molecular weight is 1480 g/mol. The number of aliphatic carboxylic acids is 1. The molecule has 2 bridgehead atoms. The van der Waals surface area contributed by atoms with Gasteiger partial charge in [0, 0.05) is 108 Å². The summed E-state index contributed by atoms with van der Waals surface area (Å²) in [6.07, 6.45) is -3.06. The molecule has 4 aromatic carbocycles. The number of carboxylic acids is 1. The molecule has 9 rings (SSSR count). The molecular weight excluding hydrogens is 1410 g/mol. The first kappa shape index (κ1) is 77.6. The highest BCUT2D eigenvalue weighted by atomic mass is 32.2. The van der Waals surface area contributed by atoms with E-state index in [1.807, 2.05) is 12.1 Å². The molecule has 0 spiro atoms. The number of imidazole rings is 1. The number of carbonyl (C=O) groups excluding carboxylic acids is 10. The van der Waals surface area contributed by atoms with Crippen molar-refractivity contribution in [3.8, 4) is 5.75 Å². The van der Waals surface area contributed by atoms with Gasteiger partial charge in [-0.15, -0.1) is 0 Å². The highest BCUT2D eigenvalue weighted by Gasteiger charge is 2.52. The third-order valence-electron chi connectivity index (χ3n) is 17.5. The van der Waals surface area contributed by atoms with Crippen molar-refractivity contribution in [3.05, 3.63) is 155 Å². The fourth-order valence-corrected chi connectivity index (χ4v) is 14.0. The molecule has 0 radical (unpaired) electrons. The van der Waals surface area contributed by atoms with E-state index in [9.17, 15) is 70.5 Å². The molecule has 104 heavy (non-hydrogen) atoms. The van der Waals surface area contributed by atoms with Crippen molar-refractivity contribution in [1.82, 2.24) is 67.4 Å². The first-order chi connectivity index (χ1) is 49.7. The van der Waals surface area contributed by atoms with Crippen LogP contribution in [-0.2, 0) is 89.9 Å². The minimum Gasteiger partial charge on any atom is -0.508 e. The van der Waals surface area contributed by atoms with E-state index in [0.29, 0.717) is 34.5 Å². The second-order valence-corrected chi connectivity index (χ2v) is 27.4. The monoisotopic (exact) mass is 1480 g/mol. The minimum absolute atomic E-state index is 0.0481. The number of phenols is 1. The number of thioether (sulfide) groups is 2. The Bertz CT molecular complexity index is 4260. The number of nitrogens with two attached hydrogens (primary N) is 2. The molecule has 28 nitrogen and oxygen atoms in total. The lowest BCUT2D eigenvalue weighted by Gasteiger charge is -2.31. The molecule has 2 aliphatic heterocycles. The Hall–Kier alpha value is -10.6. The zero-order valence-corrected chi connectivity index (χ0v) is 57.4. The van der Waals surface area contributed by atoms with Crippen LogP contribution in [0.4, 0.5) is 22.0 Å². The lowest BCUT2D eigenvalue weighted by atomic mass is 10.0.